The minimum Gasteiger partial charge on any atom is -0.368 e. The number of nitrogens with two attached hydrogens (primary N) is 1. The van der Waals surface area contributed by atoms with Gasteiger partial charge in [-0.1, -0.05) is 19.3 Å². The Labute approximate surface area is 140 Å². The lowest BCUT2D eigenvalue weighted by Crippen LogP contribution is -2.18. The Bertz CT molecular complexity index is 906. The first-order valence-electron chi connectivity index (χ1n) is 8.07. The smallest absolute Gasteiger partial charge is 0.368 e. The highest BCUT2D eigenvalue weighted by molar-refractivity contribution is 5.76. The number of pyridine rings is 1. The van der Waals surface area contributed by atoms with Crippen LogP contribution in [-0.2, 0) is 6.18 Å². The highest BCUT2D eigenvalue weighted by Crippen LogP contribution is 2.34. The van der Waals surface area contributed by atoms with Crippen LogP contribution in [-0.4, -0.2) is 29.3 Å². The molecule has 1 aliphatic carbocycles. The summed E-state index contributed by atoms with van der Waals surface area (Å²) in [5, 5.41) is 3.55. The van der Waals surface area contributed by atoms with Crippen LogP contribution in [0.2, 0.25) is 0 Å². The summed E-state index contributed by atoms with van der Waals surface area (Å²) in [5.74, 6) is -1.37. The summed E-state index contributed by atoms with van der Waals surface area (Å²) < 4.78 is 41.7. The second kappa shape index (κ2) is 5.71. The van der Waals surface area contributed by atoms with Crippen molar-refractivity contribution in [3.63, 3.8) is 0 Å². The van der Waals surface area contributed by atoms with Crippen molar-refractivity contribution >= 4 is 17.0 Å². The minimum atomic E-state index is -4.66. The van der Waals surface area contributed by atoms with Gasteiger partial charge in [-0.25, -0.2) is 4.98 Å². The maximum atomic E-state index is 12.9. The maximum absolute atomic E-state index is 12.9. The molecule has 0 aromatic carbocycles. The van der Waals surface area contributed by atoms with E-state index in [-0.39, 0.29) is 17.9 Å². The predicted molar refractivity (Wildman–Crippen MR) is 84.0 cm³/mol. The maximum Gasteiger partial charge on any atom is 0.453 e. The van der Waals surface area contributed by atoms with Crippen LogP contribution in [0.1, 0.15) is 44.0 Å². The van der Waals surface area contributed by atoms with Gasteiger partial charge < -0.3 is 10.3 Å². The van der Waals surface area contributed by atoms with Crippen LogP contribution in [0.15, 0.2) is 18.5 Å². The first-order valence-corrected chi connectivity index (χ1v) is 8.07. The van der Waals surface area contributed by atoms with Crippen molar-refractivity contribution in [1.29, 1.82) is 0 Å². The highest BCUT2D eigenvalue weighted by atomic mass is 19.4. The summed E-state index contributed by atoms with van der Waals surface area (Å²) in [6.45, 7) is 0. The molecule has 0 spiro atoms. The van der Waals surface area contributed by atoms with Gasteiger partial charge in [0.05, 0.1) is 11.7 Å². The fourth-order valence-corrected chi connectivity index (χ4v) is 3.38. The number of nitrogens with zero attached hydrogens (tertiary/aromatic N) is 6. The summed E-state index contributed by atoms with van der Waals surface area (Å²) in [4.78, 5) is 11.8. The first kappa shape index (κ1) is 15.9. The lowest BCUT2D eigenvalue weighted by atomic mass is 9.95. The third kappa shape index (κ3) is 2.71. The molecular weight excluding hydrogens is 335 g/mol. The van der Waals surface area contributed by atoms with Gasteiger partial charge in [0.25, 0.3) is 5.82 Å². The lowest BCUT2D eigenvalue weighted by Gasteiger charge is -2.25. The zero-order valence-corrected chi connectivity index (χ0v) is 13.2. The molecule has 0 aliphatic heterocycles. The Kier molecular flexibility index (Phi) is 3.62. The number of nitrogen functional groups attached to an aromatic ring is 1. The average molecular weight is 351 g/mol. The van der Waals surface area contributed by atoms with E-state index in [0.717, 1.165) is 42.3 Å². The number of alkyl halides is 3. The van der Waals surface area contributed by atoms with E-state index in [9.17, 15) is 13.2 Å². The van der Waals surface area contributed by atoms with Crippen LogP contribution in [0.4, 0.5) is 19.1 Å². The van der Waals surface area contributed by atoms with Gasteiger partial charge in [0.2, 0.25) is 11.9 Å². The number of rotatable bonds is 2. The zero-order valence-electron chi connectivity index (χ0n) is 13.2. The summed E-state index contributed by atoms with van der Waals surface area (Å²) in [5.41, 5.74) is 7.11. The van der Waals surface area contributed by atoms with Gasteiger partial charge in [-0.3, -0.25) is 4.98 Å². The van der Waals surface area contributed by atoms with Crippen molar-refractivity contribution in [3.8, 4) is 5.95 Å². The summed E-state index contributed by atoms with van der Waals surface area (Å²) in [7, 11) is 0. The van der Waals surface area contributed by atoms with Crippen LogP contribution < -0.4 is 5.73 Å². The highest BCUT2D eigenvalue weighted by Gasteiger charge is 2.37. The topological polar surface area (TPSA) is 87.4 Å². The predicted octanol–water partition coefficient (Wildman–Crippen LogP) is 3.12. The van der Waals surface area contributed by atoms with Crippen molar-refractivity contribution < 1.29 is 13.2 Å². The van der Waals surface area contributed by atoms with E-state index in [1.165, 1.54) is 0 Å². The third-order valence-corrected chi connectivity index (χ3v) is 4.49. The van der Waals surface area contributed by atoms with Crippen LogP contribution in [0.3, 0.4) is 0 Å². The Morgan fingerprint density at radius 1 is 1.12 bits per heavy atom. The van der Waals surface area contributed by atoms with Gasteiger partial charge in [-0.2, -0.15) is 22.8 Å². The summed E-state index contributed by atoms with van der Waals surface area (Å²) >= 11 is 0. The number of hydrogen-bond donors (Lipinski definition) is 1. The van der Waals surface area contributed by atoms with Crippen LogP contribution >= 0.6 is 0 Å². The Morgan fingerprint density at radius 3 is 2.56 bits per heavy atom. The number of fused-ring (bicyclic) bond motifs is 1. The molecule has 1 aliphatic rings. The van der Waals surface area contributed by atoms with E-state index in [1.807, 2.05) is 4.57 Å². The molecule has 0 bridgehead atoms. The van der Waals surface area contributed by atoms with E-state index in [1.54, 1.807) is 18.5 Å². The minimum absolute atomic E-state index is 0.133. The molecule has 0 unspecified atom stereocenters. The molecule has 3 heterocycles. The number of aromatic nitrogens is 6. The molecule has 0 atom stereocenters. The molecule has 0 amide bonds. The van der Waals surface area contributed by atoms with Gasteiger partial charge in [0, 0.05) is 12.2 Å². The Balaban J connectivity index is 1.91. The molecule has 2 N–H and O–H groups in total. The van der Waals surface area contributed by atoms with Crippen molar-refractivity contribution in [2.45, 2.75) is 44.3 Å². The van der Waals surface area contributed by atoms with Crippen molar-refractivity contribution in [2.75, 3.05) is 5.73 Å². The Hall–Kier alpha value is -2.65. The number of imidazole rings is 1. The standard InChI is InChI=1S/C15H16F3N7/c16-15(17,18)12-22-13(19)25(23-12)14-21-10-8-20-7-6-11(10)24(14)9-4-2-1-3-5-9/h6-9H,1-5H2,(H2,19,22,23). The van der Waals surface area contributed by atoms with Crippen molar-refractivity contribution in [1.82, 2.24) is 29.3 Å². The lowest BCUT2D eigenvalue weighted by molar-refractivity contribution is -0.144. The normalized spacial score (nSPS) is 16.6. The molecule has 10 heteroatoms. The SMILES string of the molecule is Nc1nc(C(F)(F)F)nn1-c1nc2cnccc2n1C1CCCCC1. The van der Waals surface area contributed by atoms with Gasteiger partial charge in [-0.05, 0) is 18.9 Å². The molecule has 7 nitrogen and oxygen atoms in total. The molecule has 3 aromatic heterocycles. The fraction of sp³-hybridized carbons (Fsp3) is 0.467. The molecule has 25 heavy (non-hydrogen) atoms. The van der Waals surface area contributed by atoms with Crippen LogP contribution in [0, 0.1) is 0 Å². The van der Waals surface area contributed by atoms with Gasteiger partial charge in [-0.15, -0.1) is 5.10 Å². The van der Waals surface area contributed by atoms with E-state index in [4.69, 9.17) is 5.73 Å². The Morgan fingerprint density at radius 2 is 1.88 bits per heavy atom. The molecule has 1 saturated carbocycles. The van der Waals surface area contributed by atoms with Crippen LogP contribution in [0.5, 0.6) is 0 Å². The monoisotopic (exact) mass is 351 g/mol. The third-order valence-electron chi connectivity index (χ3n) is 4.49. The second-order valence-corrected chi connectivity index (χ2v) is 6.14. The second-order valence-electron chi connectivity index (χ2n) is 6.14. The van der Waals surface area contributed by atoms with E-state index in [2.05, 4.69) is 20.1 Å². The van der Waals surface area contributed by atoms with Gasteiger partial charge >= 0.3 is 6.18 Å². The molecule has 0 saturated heterocycles. The van der Waals surface area contributed by atoms with E-state index < -0.39 is 12.0 Å². The largest absolute Gasteiger partial charge is 0.453 e. The molecule has 132 valence electrons. The fourth-order valence-electron chi connectivity index (χ4n) is 3.38. The van der Waals surface area contributed by atoms with Crippen molar-refractivity contribution in [3.05, 3.63) is 24.3 Å². The van der Waals surface area contributed by atoms with Crippen LogP contribution in [0.25, 0.3) is 17.0 Å². The van der Waals surface area contributed by atoms with Crippen molar-refractivity contribution in [2.24, 2.45) is 0 Å². The molecule has 3 aromatic rings. The number of anilines is 1. The molecule has 4 rings (SSSR count). The quantitative estimate of drug-likeness (QED) is 0.766. The molecular formula is C15H16F3N7. The summed E-state index contributed by atoms with van der Waals surface area (Å²) in [6.07, 6.45) is 3.70. The van der Waals surface area contributed by atoms with E-state index in [0.29, 0.717) is 5.52 Å². The van der Waals surface area contributed by atoms with Gasteiger partial charge in [0.1, 0.15) is 5.52 Å². The average Bonchev–Trinajstić information content (AvgIpc) is 3.15. The molecule has 1 fully saturated rings. The van der Waals surface area contributed by atoms with E-state index >= 15 is 0 Å². The first-order chi connectivity index (χ1) is 11.9. The summed E-state index contributed by atoms with van der Waals surface area (Å²) in [6, 6.07) is 1.94. The van der Waals surface area contributed by atoms with Gasteiger partial charge in [0.15, 0.2) is 0 Å². The molecule has 0 radical (unpaired) electrons. The zero-order chi connectivity index (χ0) is 17.6. The number of hydrogen-bond acceptors (Lipinski definition) is 5. The number of halogens is 3.